The second-order valence-corrected chi connectivity index (χ2v) is 6.38. The molecule has 22 heavy (non-hydrogen) atoms. The van der Waals surface area contributed by atoms with E-state index >= 15 is 0 Å². The zero-order valence-electron chi connectivity index (χ0n) is 12.7. The van der Waals surface area contributed by atoms with E-state index in [0.29, 0.717) is 12.1 Å². The van der Waals surface area contributed by atoms with Gasteiger partial charge < -0.3 is 4.90 Å². The maximum absolute atomic E-state index is 13.5. The molecule has 1 amide bonds. The molecule has 0 spiro atoms. The lowest BCUT2D eigenvalue weighted by atomic mass is 9.93. The Morgan fingerprint density at radius 1 is 1.23 bits per heavy atom. The summed E-state index contributed by atoms with van der Waals surface area (Å²) in [5, 5.41) is 0. The Balaban J connectivity index is 1.87. The number of carbonyl (C=O) groups excluding carboxylic acids is 1. The highest BCUT2D eigenvalue weighted by atomic mass is 32.2. The van der Waals surface area contributed by atoms with Gasteiger partial charge >= 0.3 is 0 Å². The molecule has 0 N–H and O–H groups in total. The Hall–Kier alpha value is -1.81. The molecule has 2 nitrogen and oxygen atoms in total. The molecule has 3 rings (SSSR count). The second-order valence-electron chi connectivity index (χ2n) is 5.50. The molecule has 114 valence electrons. The summed E-state index contributed by atoms with van der Waals surface area (Å²) in [6.07, 6.45) is 2.78. The number of carbonyl (C=O) groups is 1. The van der Waals surface area contributed by atoms with E-state index in [9.17, 15) is 9.18 Å². The maximum atomic E-state index is 13.5. The molecule has 1 aliphatic heterocycles. The molecule has 0 saturated carbocycles. The number of amides is 1. The van der Waals surface area contributed by atoms with Crippen LogP contribution in [-0.4, -0.2) is 23.6 Å². The molecule has 2 aromatic rings. The molecule has 1 heterocycles. The lowest BCUT2D eigenvalue weighted by Gasteiger charge is -2.35. The largest absolute Gasteiger partial charge is 0.332 e. The van der Waals surface area contributed by atoms with E-state index in [0.717, 1.165) is 22.4 Å². The van der Waals surface area contributed by atoms with E-state index in [-0.39, 0.29) is 17.8 Å². The van der Waals surface area contributed by atoms with Crippen LogP contribution in [0.3, 0.4) is 0 Å². The summed E-state index contributed by atoms with van der Waals surface area (Å²) in [5.74, 6) is -0.237. The third kappa shape index (κ3) is 2.75. The van der Waals surface area contributed by atoms with Crippen molar-refractivity contribution in [2.75, 3.05) is 12.8 Å². The van der Waals surface area contributed by atoms with Crippen molar-refractivity contribution in [1.82, 2.24) is 4.90 Å². The first-order chi connectivity index (χ1) is 10.6. The summed E-state index contributed by atoms with van der Waals surface area (Å²) in [6.45, 7) is 2.63. The third-order valence-corrected chi connectivity index (χ3v) is 4.99. The zero-order valence-corrected chi connectivity index (χ0v) is 13.5. The maximum Gasteiger partial charge on any atom is 0.254 e. The van der Waals surface area contributed by atoms with Crippen molar-refractivity contribution in [3.05, 3.63) is 65.0 Å². The smallest absolute Gasteiger partial charge is 0.254 e. The van der Waals surface area contributed by atoms with Crippen LogP contribution in [0.4, 0.5) is 4.39 Å². The van der Waals surface area contributed by atoms with Gasteiger partial charge in [-0.05, 0) is 67.1 Å². The summed E-state index contributed by atoms with van der Waals surface area (Å²) in [4.78, 5) is 15.7. The van der Waals surface area contributed by atoms with Gasteiger partial charge in [0.2, 0.25) is 0 Å². The first-order valence-corrected chi connectivity index (χ1v) is 8.56. The molecule has 1 aliphatic rings. The van der Waals surface area contributed by atoms with Gasteiger partial charge in [-0.3, -0.25) is 4.79 Å². The highest BCUT2D eigenvalue weighted by Crippen LogP contribution is 2.31. The minimum Gasteiger partial charge on any atom is -0.332 e. The molecule has 4 heteroatoms. The topological polar surface area (TPSA) is 20.3 Å². The molecule has 0 aliphatic carbocycles. The van der Waals surface area contributed by atoms with E-state index in [2.05, 4.69) is 0 Å². The van der Waals surface area contributed by atoms with E-state index in [1.165, 1.54) is 6.07 Å². The van der Waals surface area contributed by atoms with Crippen LogP contribution in [0.25, 0.3) is 0 Å². The molecule has 0 aromatic heterocycles. The Bertz CT molecular complexity index is 699. The fraction of sp³-hybridized carbons (Fsp3) is 0.278. The van der Waals surface area contributed by atoms with Gasteiger partial charge in [0.15, 0.2) is 0 Å². The standard InChI is InChI=1S/C18H18FNOS/c1-12-17-11-15(19)6-3-13(17)9-10-20(12)18(21)14-4-7-16(22-2)8-5-14/h3-8,11-12H,9-10H2,1-2H3. The third-order valence-electron chi connectivity index (χ3n) is 4.25. The van der Waals surface area contributed by atoms with Gasteiger partial charge in [0.25, 0.3) is 5.91 Å². The number of rotatable bonds is 2. The fourth-order valence-electron chi connectivity index (χ4n) is 2.96. The Morgan fingerprint density at radius 3 is 2.64 bits per heavy atom. The number of hydrogen-bond donors (Lipinski definition) is 0. The van der Waals surface area contributed by atoms with Crippen LogP contribution in [0, 0.1) is 5.82 Å². The van der Waals surface area contributed by atoms with Gasteiger partial charge in [-0.2, -0.15) is 0 Å². The average Bonchev–Trinajstić information content (AvgIpc) is 2.55. The van der Waals surface area contributed by atoms with Crippen LogP contribution in [-0.2, 0) is 6.42 Å². The van der Waals surface area contributed by atoms with Gasteiger partial charge in [-0.25, -0.2) is 4.39 Å². The molecule has 2 aromatic carbocycles. The van der Waals surface area contributed by atoms with Crippen LogP contribution in [0.15, 0.2) is 47.4 Å². The molecular weight excluding hydrogens is 297 g/mol. The molecule has 0 radical (unpaired) electrons. The summed E-state index contributed by atoms with van der Waals surface area (Å²) >= 11 is 1.65. The molecular formula is C18H18FNOS. The normalized spacial score (nSPS) is 17.2. The average molecular weight is 315 g/mol. The number of halogens is 1. The van der Waals surface area contributed by atoms with Crippen LogP contribution < -0.4 is 0 Å². The highest BCUT2D eigenvalue weighted by molar-refractivity contribution is 7.98. The molecule has 1 atom stereocenters. The highest BCUT2D eigenvalue weighted by Gasteiger charge is 2.28. The van der Waals surface area contributed by atoms with Crippen molar-refractivity contribution < 1.29 is 9.18 Å². The van der Waals surface area contributed by atoms with Gasteiger partial charge in [-0.1, -0.05) is 6.07 Å². The fourth-order valence-corrected chi connectivity index (χ4v) is 3.37. The second kappa shape index (κ2) is 6.13. The lowest BCUT2D eigenvalue weighted by Crippen LogP contribution is -2.38. The van der Waals surface area contributed by atoms with Crippen LogP contribution in [0.1, 0.15) is 34.5 Å². The first kappa shape index (κ1) is 15.1. The number of nitrogens with zero attached hydrogens (tertiary/aromatic N) is 1. The quantitative estimate of drug-likeness (QED) is 0.770. The summed E-state index contributed by atoms with van der Waals surface area (Å²) in [5.41, 5.74) is 2.74. The van der Waals surface area contributed by atoms with Crippen molar-refractivity contribution in [1.29, 1.82) is 0 Å². The molecule has 0 saturated heterocycles. The summed E-state index contributed by atoms with van der Waals surface area (Å²) < 4.78 is 13.5. The van der Waals surface area contributed by atoms with Crippen LogP contribution in [0.5, 0.6) is 0 Å². The first-order valence-electron chi connectivity index (χ1n) is 7.33. The van der Waals surface area contributed by atoms with Gasteiger partial charge in [0.05, 0.1) is 6.04 Å². The van der Waals surface area contributed by atoms with E-state index in [1.807, 2.05) is 48.4 Å². The molecule has 0 bridgehead atoms. The van der Waals surface area contributed by atoms with E-state index in [4.69, 9.17) is 0 Å². The van der Waals surface area contributed by atoms with Crippen molar-refractivity contribution in [2.24, 2.45) is 0 Å². The number of thioether (sulfide) groups is 1. The van der Waals surface area contributed by atoms with E-state index in [1.54, 1.807) is 17.8 Å². The molecule has 0 fully saturated rings. The van der Waals surface area contributed by atoms with Crippen molar-refractivity contribution in [3.63, 3.8) is 0 Å². The van der Waals surface area contributed by atoms with Gasteiger partial charge in [0, 0.05) is 17.0 Å². The Labute approximate surface area is 134 Å². The molecule has 1 unspecified atom stereocenters. The minimum absolute atomic E-state index is 0.00932. The number of fused-ring (bicyclic) bond motifs is 1. The minimum atomic E-state index is -0.246. The van der Waals surface area contributed by atoms with Gasteiger partial charge in [0.1, 0.15) is 5.82 Å². The Kier molecular flexibility index (Phi) is 4.21. The predicted molar refractivity (Wildman–Crippen MR) is 87.8 cm³/mol. The summed E-state index contributed by atoms with van der Waals surface area (Å²) in [7, 11) is 0. The summed E-state index contributed by atoms with van der Waals surface area (Å²) in [6, 6.07) is 12.4. The van der Waals surface area contributed by atoms with Gasteiger partial charge in [-0.15, -0.1) is 11.8 Å². The zero-order chi connectivity index (χ0) is 15.7. The van der Waals surface area contributed by atoms with Crippen molar-refractivity contribution in [2.45, 2.75) is 24.3 Å². The monoisotopic (exact) mass is 315 g/mol. The van der Waals surface area contributed by atoms with Crippen LogP contribution in [0.2, 0.25) is 0 Å². The van der Waals surface area contributed by atoms with Crippen molar-refractivity contribution in [3.8, 4) is 0 Å². The van der Waals surface area contributed by atoms with Crippen molar-refractivity contribution >= 4 is 17.7 Å². The Morgan fingerprint density at radius 2 is 1.95 bits per heavy atom. The van der Waals surface area contributed by atoms with E-state index < -0.39 is 0 Å². The lowest BCUT2D eigenvalue weighted by molar-refractivity contribution is 0.0677. The van der Waals surface area contributed by atoms with Crippen LogP contribution >= 0.6 is 11.8 Å². The predicted octanol–water partition coefficient (Wildman–Crippen LogP) is 4.31. The number of benzene rings is 2. The number of hydrogen-bond acceptors (Lipinski definition) is 2. The SMILES string of the molecule is CSc1ccc(C(=O)N2CCc3ccc(F)cc3C2C)cc1.